The minimum absolute atomic E-state index is 0.0451. The van der Waals surface area contributed by atoms with Crippen molar-refractivity contribution in [3.8, 4) is 0 Å². The van der Waals surface area contributed by atoms with Crippen LogP contribution in [-0.4, -0.2) is 34.6 Å². The quantitative estimate of drug-likeness (QED) is 0.781. The molecule has 0 saturated heterocycles. The molecule has 1 aromatic heterocycles. The van der Waals surface area contributed by atoms with Crippen molar-refractivity contribution in [3.05, 3.63) is 30.1 Å². The van der Waals surface area contributed by atoms with Gasteiger partial charge in [0.05, 0.1) is 6.54 Å². The zero-order valence-corrected chi connectivity index (χ0v) is 8.34. The van der Waals surface area contributed by atoms with Gasteiger partial charge >= 0.3 is 5.97 Å². The van der Waals surface area contributed by atoms with E-state index in [2.05, 4.69) is 4.98 Å². The Balaban J connectivity index is 2.65. The second-order valence-electron chi connectivity index (χ2n) is 3.27. The minimum atomic E-state index is -0.812. The smallest absolute Gasteiger partial charge is 0.317 e. The molecule has 0 aliphatic rings. The summed E-state index contributed by atoms with van der Waals surface area (Å²) in [7, 11) is 1.79. The summed E-state index contributed by atoms with van der Waals surface area (Å²) >= 11 is 0. The SMILES string of the molecule is CC(c1ccncc1)N(C)CC(=O)O. The van der Waals surface area contributed by atoms with E-state index in [-0.39, 0.29) is 12.6 Å². The molecule has 0 saturated carbocycles. The minimum Gasteiger partial charge on any atom is -0.480 e. The first-order valence-electron chi connectivity index (χ1n) is 4.43. The standard InChI is InChI=1S/C10H14N2O2/c1-8(12(2)7-10(13)14)9-3-5-11-6-4-9/h3-6,8H,7H2,1-2H3,(H,13,14). The zero-order valence-electron chi connectivity index (χ0n) is 8.34. The predicted molar refractivity (Wildman–Crippen MR) is 52.9 cm³/mol. The summed E-state index contributed by atoms with van der Waals surface area (Å²) in [5.41, 5.74) is 1.07. The molecule has 0 aliphatic heterocycles. The highest BCUT2D eigenvalue weighted by molar-refractivity contribution is 5.69. The normalized spacial score (nSPS) is 12.8. The lowest BCUT2D eigenvalue weighted by Crippen LogP contribution is -2.28. The maximum atomic E-state index is 10.5. The van der Waals surface area contributed by atoms with Crippen molar-refractivity contribution < 1.29 is 9.90 Å². The van der Waals surface area contributed by atoms with Crippen LogP contribution in [-0.2, 0) is 4.79 Å². The van der Waals surface area contributed by atoms with Crippen LogP contribution in [0.4, 0.5) is 0 Å². The molecule has 1 unspecified atom stereocenters. The first-order chi connectivity index (χ1) is 6.61. The third-order valence-corrected chi connectivity index (χ3v) is 2.23. The lowest BCUT2D eigenvalue weighted by Gasteiger charge is -2.22. The number of hydrogen-bond donors (Lipinski definition) is 1. The number of hydrogen-bond acceptors (Lipinski definition) is 3. The topological polar surface area (TPSA) is 53.4 Å². The van der Waals surface area contributed by atoms with E-state index in [0.717, 1.165) is 5.56 Å². The second kappa shape index (κ2) is 4.72. The van der Waals surface area contributed by atoms with Crippen LogP contribution in [0.1, 0.15) is 18.5 Å². The number of aliphatic carboxylic acids is 1. The molecule has 76 valence electrons. The number of likely N-dealkylation sites (N-methyl/N-ethyl adjacent to an activating group) is 1. The van der Waals surface area contributed by atoms with Gasteiger partial charge < -0.3 is 5.11 Å². The van der Waals surface area contributed by atoms with Gasteiger partial charge in [0.25, 0.3) is 0 Å². The molecule has 1 rings (SSSR count). The monoisotopic (exact) mass is 194 g/mol. The van der Waals surface area contributed by atoms with Crippen molar-refractivity contribution in [2.45, 2.75) is 13.0 Å². The Kier molecular flexibility index (Phi) is 3.59. The summed E-state index contributed by atoms with van der Waals surface area (Å²) in [5, 5.41) is 8.63. The Morgan fingerprint density at radius 3 is 2.64 bits per heavy atom. The van der Waals surface area contributed by atoms with E-state index in [1.165, 1.54) is 0 Å². The number of aromatic nitrogens is 1. The van der Waals surface area contributed by atoms with Crippen molar-refractivity contribution in [3.63, 3.8) is 0 Å². The maximum Gasteiger partial charge on any atom is 0.317 e. The molecule has 0 fully saturated rings. The van der Waals surface area contributed by atoms with Gasteiger partial charge in [0.1, 0.15) is 0 Å². The summed E-state index contributed by atoms with van der Waals surface area (Å²) in [6.07, 6.45) is 3.42. The average Bonchev–Trinajstić information content (AvgIpc) is 2.17. The number of rotatable bonds is 4. The van der Waals surface area contributed by atoms with Crippen LogP contribution in [0.2, 0.25) is 0 Å². The molecule has 0 radical (unpaired) electrons. The third kappa shape index (κ3) is 2.81. The van der Waals surface area contributed by atoms with Gasteiger partial charge in [0.15, 0.2) is 0 Å². The van der Waals surface area contributed by atoms with E-state index in [4.69, 9.17) is 5.11 Å². The Hall–Kier alpha value is -1.42. The van der Waals surface area contributed by atoms with Crippen LogP contribution >= 0.6 is 0 Å². The van der Waals surface area contributed by atoms with Crippen LogP contribution in [0.3, 0.4) is 0 Å². The van der Waals surface area contributed by atoms with Crippen LogP contribution in [0, 0.1) is 0 Å². The molecule has 0 spiro atoms. The Labute approximate surface area is 83.2 Å². The maximum absolute atomic E-state index is 10.5. The number of carbonyl (C=O) groups is 1. The summed E-state index contributed by atoms with van der Waals surface area (Å²) in [6, 6.07) is 3.88. The van der Waals surface area contributed by atoms with Gasteiger partial charge in [-0.25, -0.2) is 0 Å². The van der Waals surface area contributed by atoms with E-state index in [1.54, 1.807) is 24.3 Å². The van der Waals surface area contributed by atoms with Crippen molar-refractivity contribution in [1.29, 1.82) is 0 Å². The van der Waals surface area contributed by atoms with Crippen molar-refractivity contribution in [2.75, 3.05) is 13.6 Å². The van der Waals surface area contributed by atoms with Crippen LogP contribution in [0.25, 0.3) is 0 Å². The summed E-state index contributed by atoms with van der Waals surface area (Å²) in [4.78, 5) is 16.2. The molecule has 0 aromatic carbocycles. The Morgan fingerprint density at radius 2 is 2.14 bits per heavy atom. The summed E-state index contributed by atoms with van der Waals surface area (Å²) in [6.45, 7) is 2.02. The van der Waals surface area contributed by atoms with Gasteiger partial charge in [-0.15, -0.1) is 0 Å². The molecular formula is C10H14N2O2. The van der Waals surface area contributed by atoms with Crippen LogP contribution in [0.15, 0.2) is 24.5 Å². The first-order valence-corrected chi connectivity index (χ1v) is 4.43. The highest BCUT2D eigenvalue weighted by Gasteiger charge is 2.13. The first kappa shape index (κ1) is 10.7. The van der Waals surface area contributed by atoms with Gasteiger partial charge in [-0.05, 0) is 31.7 Å². The lowest BCUT2D eigenvalue weighted by atomic mass is 10.1. The lowest BCUT2D eigenvalue weighted by molar-refractivity contribution is -0.138. The average molecular weight is 194 g/mol. The predicted octanol–water partition coefficient (Wildman–Crippen LogP) is 1.16. The van der Waals surface area contributed by atoms with Crippen molar-refractivity contribution in [1.82, 2.24) is 9.88 Å². The van der Waals surface area contributed by atoms with Gasteiger partial charge in [-0.3, -0.25) is 14.7 Å². The van der Waals surface area contributed by atoms with Gasteiger partial charge in [-0.2, -0.15) is 0 Å². The van der Waals surface area contributed by atoms with E-state index in [0.29, 0.717) is 0 Å². The van der Waals surface area contributed by atoms with Gasteiger partial charge in [0, 0.05) is 18.4 Å². The fraction of sp³-hybridized carbons (Fsp3) is 0.400. The van der Waals surface area contributed by atoms with Gasteiger partial charge in [0.2, 0.25) is 0 Å². The highest BCUT2D eigenvalue weighted by Crippen LogP contribution is 2.16. The fourth-order valence-corrected chi connectivity index (χ4v) is 1.25. The van der Waals surface area contributed by atoms with E-state index >= 15 is 0 Å². The molecule has 0 aliphatic carbocycles. The molecule has 1 heterocycles. The summed E-state index contributed by atoms with van der Waals surface area (Å²) in [5.74, 6) is -0.812. The molecule has 0 amide bonds. The number of carboxylic acid groups (broad SMARTS) is 1. The van der Waals surface area contributed by atoms with Crippen LogP contribution < -0.4 is 0 Å². The molecular weight excluding hydrogens is 180 g/mol. The number of pyridine rings is 1. The zero-order chi connectivity index (χ0) is 10.6. The molecule has 4 heteroatoms. The Morgan fingerprint density at radius 1 is 1.57 bits per heavy atom. The molecule has 14 heavy (non-hydrogen) atoms. The summed E-state index contributed by atoms with van der Waals surface area (Å²) < 4.78 is 0. The largest absolute Gasteiger partial charge is 0.480 e. The fourth-order valence-electron chi connectivity index (χ4n) is 1.25. The molecule has 1 N–H and O–H groups in total. The van der Waals surface area contributed by atoms with Crippen molar-refractivity contribution >= 4 is 5.97 Å². The Bertz CT molecular complexity index is 300. The number of nitrogens with zero attached hydrogens (tertiary/aromatic N) is 2. The van der Waals surface area contributed by atoms with Crippen LogP contribution in [0.5, 0.6) is 0 Å². The van der Waals surface area contributed by atoms with E-state index in [1.807, 2.05) is 19.1 Å². The van der Waals surface area contributed by atoms with Crippen molar-refractivity contribution in [2.24, 2.45) is 0 Å². The highest BCUT2D eigenvalue weighted by atomic mass is 16.4. The molecule has 1 atom stereocenters. The van der Waals surface area contributed by atoms with E-state index < -0.39 is 5.97 Å². The molecule has 0 bridgehead atoms. The molecule has 4 nitrogen and oxygen atoms in total. The second-order valence-corrected chi connectivity index (χ2v) is 3.27. The van der Waals surface area contributed by atoms with E-state index in [9.17, 15) is 4.79 Å². The molecule has 1 aromatic rings. The van der Waals surface area contributed by atoms with Gasteiger partial charge in [-0.1, -0.05) is 0 Å². The third-order valence-electron chi connectivity index (χ3n) is 2.23. The number of carboxylic acids is 1.